The van der Waals surface area contributed by atoms with Crippen LogP contribution in [0.5, 0.6) is 0 Å². The zero-order chi connectivity index (χ0) is 29.2. The number of furan rings is 1. The molecule has 1 aromatic heterocycles. The lowest BCUT2D eigenvalue weighted by atomic mass is 9.40. The molecule has 0 spiro atoms. The molecule has 8 nitrogen and oxygen atoms in total. The van der Waals surface area contributed by atoms with Crippen LogP contribution in [0.1, 0.15) is 78.9 Å². The maximum atomic E-state index is 14.4. The largest absolute Gasteiger partial charge is 0.472 e. The highest BCUT2D eigenvalue weighted by Crippen LogP contribution is 2.68. The quantitative estimate of drug-likeness (QED) is 0.203. The number of ether oxygens (including phenoxy) is 3. The number of carbonyl (C=O) groups is 4. The minimum Gasteiger partial charge on any atom is -0.472 e. The van der Waals surface area contributed by atoms with Crippen LogP contribution in [0.2, 0.25) is 0 Å². The Bertz CT molecular complexity index is 1290. The van der Waals surface area contributed by atoms with Crippen molar-refractivity contribution < 1.29 is 37.8 Å². The lowest BCUT2D eigenvalue weighted by molar-refractivity contribution is -0.195. The first-order valence-electron chi connectivity index (χ1n) is 14.2. The smallest absolute Gasteiger partial charge is 0.333 e. The van der Waals surface area contributed by atoms with Crippen LogP contribution in [0.3, 0.4) is 0 Å². The summed E-state index contributed by atoms with van der Waals surface area (Å²) >= 11 is 0. The number of hydrogen-bond donors (Lipinski definition) is 0. The van der Waals surface area contributed by atoms with Crippen molar-refractivity contribution in [3.63, 3.8) is 0 Å². The molecule has 1 aromatic rings. The van der Waals surface area contributed by atoms with Gasteiger partial charge in [-0.05, 0) is 50.5 Å². The predicted octanol–water partition coefficient (Wildman–Crippen LogP) is 5.53. The molecule has 0 radical (unpaired) electrons. The first-order valence-corrected chi connectivity index (χ1v) is 14.2. The number of rotatable bonds is 5. The summed E-state index contributed by atoms with van der Waals surface area (Å²) in [4.78, 5) is 53.3. The molecule has 8 heteroatoms. The third-order valence-corrected chi connectivity index (χ3v) is 10.8. The number of fused-ring (bicyclic) bond motifs is 6. The van der Waals surface area contributed by atoms with Crippen molar-refractivity contribution in [2.24, 2.45) is 39.9 Å². The van der Waals surface area contributed by atoms with Gasteiger partial charge in [0, 0.05) is 33.8 Å². The molecular weight excluding hydrogens is 512 g/mol. The summed E-state index contributed by atoms with van der Waals surface area (Å²) in [7, 11) is 1.35. The van der Waals surface area contributed by atoms with Gasteiger partial charge in [-0.15, -0.1) is 0 Å². The third kappa shape index (κ3) is 4.00. The number of allylic oxidation sites excluding steroid dienone is 2. The SMILES string of the molecule is CC=C(C)C(=O)O[C@H]1[C@@H]2C=C3[C@@H](CC[C@@]4(C)[C@@H](c5ccoc5)OC(=O)C[C@@H]34)[C@@](C)(C2=O)[C@@H](CC(=O)OC)C1(C)C. The van der Waals surface area contributed by atoms with Gasteiger partial charge in [0.25, 0.3) is 0 Å². The highest BCUT2D eigenvalue weighted by Gasteiger charge is 2.69. The second kappa shape index (κ2) is 9.74. The maximum Gasteiger partial charge on any atom is 0.333 e. The summed E-state index contributed by atoms with van der Waals surface area (Å²) in [6.07, 6.45) is 7.30. The highest BCUT2D eigenvalue weighted by molar-refractivity contribution is 5.94. The summed E-state index contributed by atoms with van der Waals surface area (Å²) in [6, 6.07) is 1.83. The summed E-state index contributed by atoms with van der Waals surface area (Å²) in [5, 5.41) is 0. The van der Waals surface area contributed by atoms with Gasteiger partial charge in [0.2, 0.25) is 0 Å². The Labute approximate surface area is 235 Å². The van der Waals surface area contributed by atoms with Crippen LogP contribution >= 0.6 is 0 Å². The molecular formula is C32H40O8. The van der Waals surface area contributed by atoms with E-state index in [0.29, 0.717) is 12.0 Å². The molecule has 216 valence electrons. The fraction of sp³-hybridized carbons (Fsp3) is 0.625. The second-order valence-corrected chi connectivity index (χ2v) is 13.1. The minimum atomic E-state index is -0.904. The zero-order valence-electron chi connectivity index (χ0n) is 24.4. The Morgan fingerprint density at radius 1 is 1.15 bits per heavy atom. The van der Waals surface area contributed by atoms with Crippen LogP contribution in [-0.4, -0.2) is 36.9 Å². The van der Waals surface area contributed by atoms with E-state index in [0.717, 1.165) is 17.6 Å². The first kappa shape index (κ1) is 28.4. The molecule has 1 aliphatic heterocycles. The zero-order valence-corrected chi connectivity index (χ0v) is 24.4. The fourth-order valence-electron chi connectivity index (χ4n) is 8.48. The molecule has 2 saturated carbocycles. The van der Waals surface area contributed by atoms with E-state index in [4.69, 9.17) is 18.6 Å². The van der Waals surface area contributed by atoms with E-state index >= 15 is 0 Å². The van der Waals surface area contributed by atoms with Crippen molar-refractivity contribution in [2.75, 3.05) is 7.11 Å². The molecule has 4 aliphatic rings. The average molecular weight is 553 g/mol. The number of Topliss-reactive ketones (excluding diaryl/α,β-unsaturated/α-hetero) is 1. The molecule has 5 rings (SSSR count). The van der Waals surface area contributed by atoms with E-state index in [1.54, 1.807) is 32.4 Å². The van der Waals surface area contributed by atoms with Crippen LogP contribution < -0.4 is 0 Å². The van der Waals surface area contributed by atoms with Crippen molar-refractivity contribution in [3.8, 4) is 0 Å². The fourth-order valence-corrected chi connectivity index (χ4v) is 8.48. The maximum absolute atomic E-state index is 14.4. The number of methoxy groups -OCH3 is 1. The van der Waals surface area contributed by atoms with Crippen molar-refractivity contribution in [3.05, 3.63) is 47.5 Å². The topological polar surface area (TPSA) is 109 Å². The molecule has 0 N–H and O–H groups in total. The van der Waals surface area contributed by atoms with Gasteiger partial charge in [-0.1, -0.05) is 45.4 Å². The molecule has 2 bridgehead atoms. The molecule has 0 amide bonds. The average Bonchev–Trinajstić information content (AvgIpc) is 3.45. The highest BCUT2D eigenvalue weighted by atomic mass is 16.6. The van der Waals surface area contributed by atoms with Gasteiger partial charge in [0.1, 0.15) is 18.0 Å². The Balaban J connectivity index is 1.66. The van der Waals surface area contributed by atoms with Crippen LogP contribution in [0, 0.1) is 39.9 Å². The minimum absolute atomic E-state index is 0.0150. The number of esters is 3. The van der Waals surface area contributed by atoms with E-state index in [2.05, 4.69) is 6.92 Å². The van der Waals surface area contributed by atoms with Crippen LogP contribution in [0.25, 0.3) is 0 Å². The molecule has 0 unspecified atom stereocenters. The van der Waals surface area contributed by atoms with E-state index in [9.17, 15) is 19.2 Å². The summed E-state index contributed by atoms with van der Waals surface area (Å²) in [6.45, 7) is 11.5. The molecule has 40 heavy (non-hydrogen) atoms. The molecule has 0 aromatic carbocycles. The second-order valence-electron chi connectivity index (χ2n) is 13.1. The van der Waals surface area contributed by atoms with Crippen LogP contribution in [-0.2, 0) is 33.4 Å². The van der Waals surface area contributed by atoms with Crippen LogP contribution in [0.4, 0.5) is 0 Å². The van der Waals surface area contributed by atoms with E-state index in [-0.39, 0.29) is 36.4 Å². The third-order valence-electron chi connectivity index (χ3n) is 10.8. The summed E-state index contributed by atoms with van der Waals surface area (Å²) in [5.41, 5.74) is 0.283. The number of carbonyl (C=O) groups excluding carboxylic acids is 4. The van der Waals surface area contributed by atoms with E-state index in [1.165, 1.54) is 7.11 Å². The van der Waals surface area contributed by atoms with Crippen molar-refractivity contribution in [1.29, 1.82) is 0 Å². The van der Waals surface area contributed by atoms with Crippen LogP contribution in [0.15, 0.2) is 46.3 Å². The van der Waals surface area contributed by atoms with E-state index in [1.807, 2.05) is 32.9 Å². The predicted molar refractivity (Wildman–Crippen MR) is 144 cm³/mol. The molecule has 2 heterocycles. The van der Waals surface area contributed by atoms with Gasteiger partial charge in [0.05, 0.1) is 32.0 Å². The van der Waals surface area contributed by atoms with Gasteiger partial charge in [0.15, 0.2) is 0 Å². The van der Waals surface area contributed by atoms with Gasteiger partial charge in [-0.25, -0.2) is 4.79 Å². The Kier molecular flexibility index (Phi) is 6.91. The standard InChI is InChI=1S/C32H40O8/c1-8-17(2)29(36)40-28-20-13-19-21(32(6,26(20)35)23(30(28,3)4)15-24(33)37-7)9-11-31(5)22(19)14-25(34)39-27(31)18-10-12-38-16-18/h8,10,12-13,16,20-23,27-28H,9,11,14-15H2,1-7H3/t20-,21-,22+,23+,27-,28+,31-,32-/m1/s1. The number of cyclic esters (lactones) is 1. The van der Waals surface area contributed by atoms with Gasteiger partial charge < -0.3 is 18.6 Å². The Morgan fingerprint density at radius 2 is 1.88 bits per heavy atom. The Hall–Kier alpha value is -3.16. The Morgan fingerprint density at radius 3 is 2.50 bits per heavy atom. The van der Waals surface area contributed by atoms with Crippen molar-refractivity contribution >= 4 is 23.7 Å². The van der Waals surface area contributed by atoms with Gasteiger partial charge in [-0.3, -0.25) is 14.4 Å². The first-order chi connectivity index (χ1) is 18.8. The molecule has 1 saturated heterocycles. The van der Waals surface area contributed by atoms with Crippen molar-refractivity contribution in [1.82, 2.24) is 0 Å². The monoisotopic (exact) mass is 552 g/mol. The lowest BCUT2D eigenvalue weighted by Gasteiger charge is -2.63. The summed E-state index contributed by atoms with van der Waals surface area (Å²) < 4.78 is 22.5. The van der Waals surface area contributed by atoms with E-state index < -0.39 is 52.2 Å². The normalized spacial score (nSPS) is 38.4. The lowest BCUT2D eigenvalue weighted by Crippen LogP contribution is -2.66. The van der Waals surface area contributed by atoms with Gasteiger partial charge in [-0.2, -0.15) is 0 Å². The molecule has 3 aliphatic carbocycles. The number of ketones is 1. The van der Waals surface area contributed by atoms with Crippen molar-refractivity contribution in [2.45, 2.75) is 79.4 Å². The van der Waals surface area contributed by atoms with Gasteiger partial charge >= 0.3 is 17.9 Å². The number of hydrogen-bond acceptors (Lipinski definition) is 8. The summed E-state index contributed by atoms with van der Waals surface area (Å²) in [5.74, 6) is -2.66. The molecule has 3 fully saturated rings. The molecule has 8 atom stereocenters.